The Kier molecular flexibility index (Phi) is 3.70. The van der Waals surface area contributed by atoms with E-state index in [1.54, 1.807) is 0 Å². The van der Waals surface area contributed by atoms with Gasteiger partial charge in [-0.05, 0) is 36.0 Å². The SMILES string of the molecule is CC1(C)CCCCC1c1noc(N)c1-c1cccc(Cl)c1. The standard InChI is InChI=1S/C17H21ClN2O/c1-17(2)9-4-3-8-13(17)15-14(16(19)21-20-15)11-6-5-7-12(18)10-11/h5-7,10,13H,3-4,8-9,19H2,1-2H3. The number of benzene rings is 1. The van der Waals surface area contributed by atoms with Crippen LogP contribution in [0.1, 0.15) is 51.1 Å². The molecular formula is C17H21ClN2O. The Labute approximate surface area is 130 Å². The Morgan fingerprint density at radius 3 is 2.86 bits per heavy atom. The van der Waals surface area contributed by atoms with E-state index in [4.69, 9.17) is 21.9 Å². The van der Waals surface area contributed by atoms with Gasteiger partial charge in [-0.15, -0.1) is 0 Å². The molecule has 1 fully saturated rings. The van der Waals surface area contributed by atoms with Gasteiger partial charge in [-0.2, -0.15) is 0 Å². The molecule has 1 aliphatic rings. The highest BCUT2D eigenvalue weighted by molar-refractivity contribution is 6.30. The lowest BCUT2D eigenvalue weighted by Gasteiger charge is -2.37. The second kappa shape index (κ2) is 5.38. The summed E-state index contributed by atoms with van der Waals surface area (Å²) in [5.41, 5.74) is 9.15. The minimum Gasteiger partial charge on any atom is -0.367 e. The van der Waals surface area contributed by atoms with E-state index in [0.29, 0.717) is 16.8 Å². The maximum atomic E-state index is 6.12. The van der Waals surface area contributed by atoms with Crippen molar-refractivity contribution >= 4 is 17.5 Å². The van der Waals surface area contributed by atoms with Crippen molar-refractivity contribution in [1.29, 1.82) is 0 Å². The molecule has 0 amide bonds. The van der Waals surface area contributed by atoms with E-state index in [1.165, 1.54) is 19.3 Å². The predicted molar refractivity (Wildman–Crippen MR) is 86.4 cm³/mol. The van der Waals surface area contributed by atoms with Crippen LogP contribution in [0.15, 0.2) is 28.8 Å². The highest BCUT2D eigenvalue weighted by atomic mass is 35.5. The van der Waals surface area contributed by atoms with Crippen molar-refractivity contribution in [2.24, 2.45) is 5.41 Å². The van der Waals surface area contributed by atoms with Crippen LogP contribution in [0.5, 0.6) is 0 Å². The van der Waals surface area contributed by atoms with Crippen molar-refractivity contribution in [3.63, 3.8) is 0 Å². The number of aromatic nitrogens is 1. The number of nitrogens with zero attached hydrogens (tertiary/aromatic N) is 1. The van der Waals surface area contributed by atoms with Crippen molar-refractivity contribution < 1.29 is 4.52 Å². The molecule has 0 aliphatic heterocycles. The lowest BCUT2D eigenvalue weighted by Crippen LogP contribution is -2.26. The number of nitrogen functional groups attached to an aromatic ring is 1. The first-order valence-electron chi connectivity index (χ1n) is 7.50. The lowest BCUT2D eigenvalue weighted by molar-refractivity contribution is 0.192. The number of nitrogens with two attached hydrogens (primary N) is 1. The van der Waals surface area contributed by atoms with Gasteiger partial charge in [0.2, 0.25) is 5.88 Å². The molecule has 1 heterocycles. The summed E-state index contributed by atoms with van der Waals surface area (Å²) >= 11 is 6.12. The van der Waals surface area contributed by atoms with Crippen LogP contribution in [0.2, 0.25) is 5.02 Å². The van der Waals surface area contributed by atoms with Gasteiger partial charge in [-0.3, -0.25) is 0 Å². The first-order valence-corrected chi connectivity index (χ1v) is 7.88. The zero-order chi connectivity index (χ0) is 15.0. The van der Waals surface area contributed by atoms with Crippen LogP contribution in [-0.2, 0) is 0 Å². The predicted octanol–water partition coefficient (Wildman–Crippen LogP) is 5.26. The van der Waals surface area contributed by atoms with Gasteiger partial charge in [-0.25, -0.2) is 0 Å². The summed E-state index contributed by atoms with van der Waals surface area (Å²) < 4.78 is 5.32. The van der Waals surface area contributed by atoms with Crippen LogP contribution >= 0.6 is 11.6 Å². The normalized spacial score (nSPS) is 21.4. The molecule has 0 radical (unpaired) electrons. The highest BCUT2D eigenvalue weighted by Gasteiger charge is 2.37. The molecule has 1 unspecified atom stereocenters. The number of hydrogen-bond donors (Lipinski definition) is 1. The first-order chi connectivity index (χ1) is 9.99. The molecule has 2 aromatic rings. The minimum absolute atomic E-state index is 0.217. The average Bonchev–Trinajstić information content (AvgIpc) is 2.80. The summed E-state index contributed by atoms with van der Waals surface area (Å²) in [5, 5.41) is 4.99. The highest BCUT2D eigenvalue weighted by Crippen LogP contribution is 2.49. The second-order valence-corrected chi connectivity index (χ2v) is 7.04. The number of rotatable bonds is 2. The van der Waals surface area contributed by atoms with Crippen LogP contribution in [0.25, 0.3) is 11.1 Å². The fraction of sp³-hybridized carbons (Fsp3) is 0.471. The third-order valence-corrected chi connectivity index (χ3v) is 4.93. The van der Waals surface area contributed by atoms with Crippen molar-refractivity contribution in [1.82, 2.24) is 5.16 Å². The van der Waals surface area contributed by atoms with E-state index < -0.39 is 0 Å². The molecule has 1 aromatic heterocycles. The van der Waals surface area contributed by atoms with E-state index >= 15 is 0 Å². The summed E-state index contributed by atoms with van der Waals surface area (Å²) in [5.74, 6) is 0.759. The Balaban J connectivity index is 2.09. The largest absolute Gasteiger partial charge is 0.367 e. The van der Waals surface area contributed by atoms with Crippen LogP contribution in [0.4, 0.5) is 5.88 Å². The molecular weight excluding hydrogens is 284 g/mol. The molecule has 21 heavy (non-hydrogen) atoms. The fourth-order valence-corrected chi connectivity index (χ4v) is 3.68. The van der Waals surface area contributed by atoms with Crippen molar-refractivity contribution in [3.05, 3.63) is 35.0 Å². The molecule has 1 atom stereocenters. The molecule has 1 saturated carbocycles. The number of halogens is 1. The molecule has 3 rings (SSSR count). The van der Waals surface area contributed by atoms with Gasteiger partial charge in [0.15, 0.2) is 0 Å². The summed E-state index contributed by atoms with van der Waals surface area (Å²) in [6.45, 7) is 4.62. The van der Waals surface area contributed by atoms with Gasteiger partial charge in [0.25, 0.3) is 0 Å². The zero-order valence-electron chi connectivity index (χ0n) is 12.5. The maximum absolute atomic E-state index is 6.12. The van der Waals surface area contributed by atoms with Gasteiger partial charge >= 0.3 is 0 Å². The molecule has 0 bridgehead atoms. The Morgan fingerprint density at radius 1 is 1.33 bits per heavy atom. The van der Waals surface area contributed by atoms with E-state index in [-0.39, 0.29) is 5.41 Å². The molecule has 1 aromatic carbocycles. The van der Waals surface area contributed by atoms with Gasteiger partial charge in [0.1, 0.15) is 0 Å². The lowest BCUT2D eigenvalue weighted by atomic mass is 9.67. The van der Waals surface area contributed by atoms with Crippen molar-refractivity contribution in [2.75, 3.05) is 5.73 Å². The molecule has 112 valence electrons. The summed E-state index contributed by atoms with van der Waals surface area (Å²) in [7, 11) is 0. The monoisotopic (exact) mass is 304 g/mol. The second-order valence-electron chi connectivity index (χ2n) is 6.60. The van der Waals surface area contributed by atoms with Gasteiger partial charge in [-0.1, -0.05) is 55.6 Å². The van der Waals surface area contributed by atoms with Crippen molar-refractivity contribution in [3.8, 4) is 11.1 Å². The topological polar surface area (TPSA) is 52.0 Å². The molecule has 3 nitrogen and oxygen atoms in total. The smallest absolute Gasteiger partial charge is 0.230 e. The van der Waals surface area contributed by atoms with Gasteiger partial charge in [0.05, 0.1) is 11.3 Å². The Hall–Kier alpha value is -1.48. The first kappa shape index (κ1) is 14.5. The van der Waals surface area contributed by atoms with E-state index in [9.17, 15) is 0 Å². The summed E-state index contributed by atoms with van der Waals surface area (Å²) in [4.78, 5) is 0. The quantitative estimate of drug-likeness (QED) is 0.823. The van der Waals surface area contributed by atoms with Crippen LogP contribution in [0, 0.1) is 5.41 Å². The molecule has 4 heteroatoms. The fourth-order valence-electron chi connectivity index (χ4n) is 3.49. The van der Waals surface area contributed by atoms with Gasteiger partial charge in [0, 0.05) is 10.9 Å². The van der Waals surface area contributed by atoms with E-state index in [0.717, 1.165) is 23.2 Å². The van der Waals surface area contributed by atoms with Crippen molar-refractivity contribution in [2.45, 2.75) is 45.4 Å². The number of anilines is 1. The third-order valence-electron chi connectivity index (χ3n) is 4.70. The average molecular weight is 305 g/mol. The Morgan fingerprint density at radius 2 is 2.14 bits per heavy atom. The summed E-state index contributed by atoms with van der Waals surface area (Å²) in [6.07, 6.45) is 4.85. The number of hydrogen-bond acceptors (Lipinski definition) is 3. The molecule has 0 spiro atoms. The Bertz CT molecular complexity index is 648. The maximum Gasteiger partial charge on any atom is 0.230 e. The zero-order valence-corrected chi connectivity index (χ0v) is 13.3. The van der Waals surface area contributed by atoms with Crippen LogP contribution in [-0.4, -0.2) is 5.16 Å². The summed E-state index contributed by atoms with van der Waals surface area (Å²) in [6, 6.07) is 7.72. The minimum atomic E-state index is 0.217. The van der Waals surface area contributed by atoms with E-state index in [2.05, 4.69) is 19.0 Å². The third kappa shape index (κ3) is 2.67. The van der Waals surface area contributed by atoms with Gasteiger partial charge < -0.3 is 10.3 Å². The molecule has 1 aliphatic carbocycles. The van der Waals surface area contributed by atoms with E-state index in [1.807, 2.05) is 24.3 Å². The van der Waals surface area contributed by atoms with Crippen LogP contribution < -0.4 is 5.73 Å². The molecule has 2 N–H and O–H groups in total. The van der Waals surface area contributed by atoms with Crippen LogP contribution in [0.3, 0.4) is 0 Å². The molecule has 0 saturated heterocycles.